The lowest BCUT2D eigenvalue weighted by atomic mass is 10.2. The number of nitrogens with zero attached hydrogens (tertiary/aromatic N) is 5. The molecule has 0 aliphatic rings. The molecule has 3 aromatic heterocycles. The minimum atomic E-state index is -0.427. The van der Waals surface area contributed by atoms with Crippen LogP contribution >= 0.6 is 22.9 Å². The average molecular weight is 490 g/mol. The lowest BCUT2D eigenvalue weighted by Gasteiger charge is -2.21. The standard InChI is InChI=1S/C24H20ClN7OS/c1-13(28-21-16(11-27-24(26)31-21)19-12-34-14(2)29-19)22-30-18-10-6-9-17(25)20(18)23(33)32(22)15-7-4-3-5-8-15/h3-13H,1-2H3,(H3,26,27,28,31)/t13-/m1/s1. The number of fused-ring (bicyclic) bond motifs is 1. The number of para-hydroxylation sites is 1. The molecule has 0 aliphatic carbocycles. The van der Waals surface area contributed by atoms with Gasteiger partial charge in [-0.2, -0.15) is 4.98 Å². The van der Waals surface area contributed by atoms with Crippen LogP contribution in [-0.2, 0) is 0 Å². The van der Waals surface area contributed by atoms with Gasteiger partial charge in [-0.25, -0.2) is 15.0 Å². The molecule has 34 heavy (non-hydrogen) atoms. The smallest absolute Gasteiger partial charge is 0.267 e. The normalized spacial score (nSPS) is 12.1. The number of aromatic nitrogens is 5. The highest BCUT2D eigenvalue weighted by Gasteiger charge is 2.21. The van der Waals surface area contributed by atoms with Gasteiger partial charge in [-0.15, -0.1) is 11.3 Å². The van der Waals surface area contributed by atoms with Crippen molar-refractivity contribution in [3.63, 3.8) is 0 Å². The summed E-state index contributed by atoms with van der Waals surface area (Å²) in [6.45, 7) is 3.84. The van der Waals surface area contributed by atoms with E-state index < -0.39 is 6.04 Å². The molecule has 0 saturated carbocycles. The molecule has 0 spiro atoms. The van der Waals surface area contributed by atoms with E-state index in [1.54, 1.807) is 29.0 Å². The van der Waals surface area contributed by atoms with Crippen molar-refractivity contribution >= 4 is 45.6 Å². The van der Waals surface area contributed by atoms with Crippen LogP contribution in [0.5, 0.6) is 0 Å². The van der Waals surface area contributed by atoms with Crippen LogP contribution in [0.2, 0.25) is 5.02 Å². The number of nitrogens with two attached hydrogens (primary N) is 1. The molecule has 0 radical (unpaired) electrons. The predicted octanol–water partition coefficient (Wildman–Crippen LogP) is 5.02. The molecule has 3 N–H and O–H groups in total. The number of nitrogens with one attached hydrogen (secondary N) is 1. The van der Waals surface area contributed by atoms with Crippen molar-refractivity contribution < 1.29 is 0 Å². The van der Waals surface area contributed by atoms with E-state index in [2.05, 4.69) is 20.3 Å². The third-order valence-corrected chi connectivity index (χ3v) is 6.42. The van der Waals surface area contributed by atoms with E-state index in [0.29, 0.717) is 38.8 Å². The first-order valence-electron chi connectivity index (χ1n) is 10.5. The summed E-state index contributed by atoms with van der Waals surface area (Å²) in [5.41, 5.74) is 8.31. The van der Waals surface area contributed by atoms with E-state index in [9.17, 15) is 4.79 Å². The summed E-state index contributed by atoms with van der Waals surface area (Å²) in [7, 11) is 0. The van der Waals surface area contributed by atoms with Crippen LogP contribution in [0.4, 0.5) is 11.8 Å². The van der Waals surface area contributed by atoms with E-state index in [-0.39, 0.29) is 11.5 Å². The second-order valence-electron chi connectivity index (χ2n) is 7.69. The fourth-order valence-electron chi connectivity index (χ4n) is 3.77. The average Bonchev–Trinajstić information content (AvgIpc) is 3.25. The Labute approximate surface area is 204 Å². The van der Waals surface area contributed by atoms with Crippen molar-refractivity contribution in [1.29, 1.82) is 0 Å². The molecule has 10 heteroatoms. The van der Waals surface area contributed by atoms with Crippen molar-refractivity contribution in [3.05, 3.63) is 86.3 Å². The van der Waals surface area contributed by atoms with Gasteiger partial charge >= 0.3 is 0 Å². The maximum Gasteiger partial charge on any atom is 0.267 e. The first-order chi connectivity index (χ1) is 16.4. The molecule has 0 bridgehead atoms. The second-order valence-corrected chi connectivity index (χ2v) is 9.16. The SMILES string of the molecule is Cc1nc(-c2cnc(N)nc2N[C@H](C)c2nc3cccc(Cl)c3c(=O)n2-c2ccccc2)cs1. The van der Waals surface area contributed by atoms with Gasteiger partial charge in [0, 0.05) is 11.6 Å². The van der Waals surface area contributed by atoms with Crippen molar-refractivity contribution in [2.75, 3.05) is 11.1 Å². The number of anilines is 2. The first-order valence-corrected chi connectivity index (χ1v) is 11.8. The topological polar surface area (TPSA) is 112 Å². The van der Waals surface area contributed by atoms with Gasteiger partial charge in [-0.1, -0.05) is 35.9 Å². The molecule has 0 unspecified atom stereocenters. The zero-order valence-corrected chi connectivity index (χ0v) is 19.9. The Morgan fingerprint density at radius 1 is 1.09 bits per heavy atom. The first kappa shape index (κ1) is 22.0. The van der Waals surface area contributed by atoms with Gasteiger partial charge in [0.15, 0.2) is 0 Å². The summed E-state index contributed by atoms with van der Waals surface area (Å²) in [5, 5.41) is 6.97. The molecular weight excluding hydrogens is 470 g/mol. The number of halogens is 1. The molecule has 2 aromatic carbocycles. The Kier molecular flexibility index (Phi) is 5.72. The number of thiazole rings is 1. The quantitative estimate of drug-likeness (QED) is 0.356. The van der Waals surface area contributed by atoms with E-state index in [0.717, 1.165) is 10.7 Å². The third kappa shape index (κ3) is 4.00. The minimum Gasteiger partial charge on any atom is -0.368 e. The number of benzene rings is 2. The molecule has 3 heterocycles. The Balaban J connectivity index is 1.67. The highest BCUT2D eigenvalue weighted by molar-refractivity contribution is 7.09. The number of hydrogen-bond donors (Lipinski definition) is 2. The van der Waals surface area contributed by atoms with Crippen LogP contribution in [0, 0.1) is 6.92 Å². The van der Waals surface area contributed by atoms with Crippen molar-refractivity contribution in [1.82, 2.24) is 24.5 Å². The maximum absolute atomic E-state index is 13.6. The van der Waals surface area contributed by atoms with Gasteiger partial charge in [0.05, 0.1) is 43.9 Å². The fraction of sp³-hybridized carbons (Fsp3) is 0.125. The lowest BCUT2D eigenvalue weighted by Crippen LogP contribution is -2.27. The van der Waals surface area contributed by atoms with Crippen molar-refractivity contribution in [2.45, 2.75) is 19.9 Å². The van der Waals surface area contributed by atoms with Gasteiger partial charge in [-0.3, -0.25) is 9.36 Å². The van der Waals surface area contributed by atoms with Gasteiger partial charge in [0.2, 0.25) is 5.95 Å². The predicted molar refractivity (Wildman–Crippen MR) is 137 cm³/mol. The second kappa shape index (κ2) is 8.85. The van der Waals surface area contributed by atoms with Gasteiger partial charge in [-0.05, 0) is 38.1 Å². The molecule has 0 amide bonds. The van der Waals surface area contributed by atoms with E-state index in [4.69, 9.17) is 22.3 Å². The van der Waals surface area contributed by atoms with E-state index in [1.165, 1.54) is 11.3 Å². The summed E-state index contributed by atoms with van der Waals surface area (Å²) < 4.78 is 1.57. The molecule has 0 saturated heterocycles. The van der Waals surface area contributed by atoms with Crippen LogP contribution in [0.25, 0.3) is 27.8 Å². The number of aryl methyl sites for hydroxylation is 1. The van der Waals surface area contributed by atoms with Crippen molar-refractivity contribution in [2.24, 2.45) is 0 Å². The summed E-state index contributed by atoms with van der Waals surface area (Å²) in [5.74, 6) is 1.14. The molecule has 5 aromatic rings. The van der Waals surface area contributed by atoms with Crippen LogP contribution < -0.4 is 16.6 Å². The molecule has 170 valence electrons. The lowest BCUT2D eigenvalue weighted by molar-refractivity contribution is 0.731. The van der Waals surface area contributed by atoms with Gasteiger partial charge in [0.25, 0.3) is 5.56 Å². The monoisotopic (exact) mass is 489 g/mol. The zero-order chi connectivity index (χ0) is 23.8. The van der Waals surface area contributed by atoms with E-state index in [1.807, 2.05) is 49.6 Å². The molecule has 8 nitrogen and oxygen atoms in total. The summed E-state index contributed by atoms with van der Waals surface area (Å²) in [6.07, 6.45) is 1.64. The summed E-state index contributed by atoms with van der Waals surface area (Å²) in [6, 6.07) is 14.2. The Morgan fingerprint density at radius 3 is 2.62 bits per heavy atom. The van der Waals surface area contributed by atoms with Gasteiger partial charge < -0.3 is 11.1 Å². The van der Waals surface area contributed by atoms with Crippen LogP contribution in [0.3, 0.4) is 0 Å². The van der Waals surface area contributed by atoms with Crippen LogP contribution in [0.1, 0.15) is 23.8 Å². The number of nitrogen functional groups attached to an aromatic ring is 1. The molecule has 5 rings (SSSR count). The Bertz CT molecular complexity index is 1570. The molecule has 0 fully saturated rings. The number of rotatable bonds is 5. The highest BCUT2D eigenvalue weighted by atomic mass is 35.5. The van der Waals surface area contributed by atoms with E-state index >= 15 is 0 Å². The summed E-state index contributed by atoms with van der Waals surface area (Å²) >= 11 is 7.92. The van der Waals surface area contributed by atoms with Crippen molar-refractivity contribution in [3.8, 4) is 16.9 Å². The third-order valence-electron chi connectivity index (χ3n) is 5.33. The molecular formula is C24H20ClN7OS. The van der Waals surface area contributed by atoms with Gasteiger partial charge in [0.1, 0.15) is 11.6 Å². The summed E-state index contributed by atoms with van der Waals surface area (Å²) in [4.78, 5) is 31.6. The zero-order valence-electron chi connectivity index (χ0n) is 18.4. The minimum absolute atomic E-state index is 0.129. The van der Waals surface area contributed by atoms with Crippen LogP contribution in [0.15, 0.2) is 64.9 Å². The highest BCUT2D eigenvalue weighted by Crippen LogP contribution is 2.30. The molecule has 1 atom stereocenters. The largest absolute Gasteiger partial charge is 0.368 e. The van der Waals surface area contributed by atoms with Crippen LogP contribution in [-0.4, -0.2) is 24.5 Å². The Morgan fingerprint density at radius 2 is 1.88 bits per heavy atom. The maximum atomic E-state index is 13.6. The fourth-order valence-corrected chi connectivity index (χ4v) is 4.64. The Hall–Kier alpha value is -3.82. The number of hydrogen-bond acceptors (Lipinski definition) is 8. The molecule has 0 aliphatic heterocycles.